The summed E-state index contributed by atoms with van der Waals surface area (Å²) in [6.45, 7) is 0. The number of hydrogen-bond acceptors (Lipinski definition) is 2. The van der Waals surface area contributed by atoms with E-state index >= 15 is 0 Å². The molecule has 2 unspecified atom stereocenters. The lowest BCUT2D eigenvalue weighted by atomic mass is 9.81. The first kappa shape index (κ1) is 13.7. The first-order chi connectivity index (χ1) is 8.11. The van der Waals surface area contributed by atoms with Crippen LogP contribution in [0, 0.1) is 11.8 Å². The van der Waals surface area contributed by atoms with Gasteiger partial charge in [0.1, 0.15) is 0 Å². The minimum absolute atomic E-state index is 0.0523. The van der Waals surface area contributed by atoms with Crippen LogP contribution in [0.5, 0.6) is 0 Å². The third-order valence-electron chi connectivity index (χ3n) is 3.37. The molecule has 0 saturated heterocycles. The second kappa shape index (κ2) is 7.09. The van der Waals surface area contributed by atoms with E-state index in [0.29, 0.717) is 0 Å². The van der Waals surface area contributed by atoms with Crippen LogP contribution in [0.3, 0.4) is 0 Å². The number of aliphatic carboxylic acids is 2. The summed E-state index contributed by atoms with van der Waals surface area (Å²) < 4.78 is 0. The van der Waals surface area contributed by atoms with Gasteiger partial charge in [-0.25, -0.2) is 0 Å². The van der Waals surface area contributed by atoms with Gasteiger partial charge in [-0.05, 0) is 44.4 Å². The average Bonchev–Trinajstić information content (AvgIpc) is 2.19. The summed E-state index contributed by atoms with van der Waals surface area (Å²) in [5, 5.41) is 17.8. The molecule has 17 heavy (non-hydrogen) atoms. The molecule has 0 bridgehead atoms. The molecule has 2 N–H and O–H groups in total. The molecule has 1 rings (SSSR count). The van der Waals surface area contributed by atoms with E-state index in [9.17, 15) is 14.7 Å². The summed E-state index contributed by atoms with van der Waals surface area (Å²) in [7, 11) is 0. The van der Waals surface area contributed by atoms with Crippen molar-refractivity contribution in [2.24, 2.45) is 11.8 Å². The Kier molecular flexibility index (Phi) is 5.73. The van der Waals surface area contributed by atoms with Gasteiger partial charge in [0.25, 0.3) is 0 Å². The first-order valence-corrected chi connectivity index (χ1v) is 6.21. The fourth-order valence-corrected chi connectivity index (χ4v) is 2.43. The molecule has 1 aliphatic rings. The Balaban J connectivity index is 2.57. The lowest BCUT2D eigenvalue weighted by molar-refractivity contribution is -0.145. The number of hydrogen-bond donors (Lipinski definition) is 2. The molecular formula is C13H20O4. The fourth-order valence-electron chi connectivity index (χ4n) is 2.43. The van der Waals surface area contributed by atoms with Crippen LogP contribution in [0.25, 0.3) is 0 Å². The van der Waals surface area contributed by atoms with Gasteiger partial charge in [-0.3, -0.25) is 9.59 Å². The molecule has 0 aromatic heterocycles. The van der Waals surface area contributed by atoms with Crippen LogP contribution in [0.4, 0.5) is 0 Å². The van der Waals surface area contributed by atoms with Crippen LogP contribution < -0.4 is 0 Å². The third-order valence-corrected chi connectivity index (χ3v) is 3.37. The minimum atomic E-state index is -0.915. The van der Waals surface area contributed by atoms with E-state index in [4.69, 9.17) is 5.11 Å². The monoisotopic (exact) mass is 240 g/mol. The molecule has 2 atom stereocenters. The Morgan fingerprint density at radius 2 is 1.88 bits per heavy atom. The molecule has 4 nitrogen and oxygen atoms in total. The van der Waals surface area contributed by atoms with Gasteiger partial charge >= 0.3 is 11.9 Å². The summed E-state index contributed by atoms with van der Waals surface area (Å²) in [5.74, 6) is -2.14. The van der Waals surface area contributed by atoms with Crippen LogP contribution in [0.1, 0.15) is 44.9 Å². The van der Waals surface area contributed by atoms with Gasteiger partial charge in [-0.1, -0.05) is 12.2 Å². The first-order valence-electron chi connectivity index (χ1n) is 6.21. The van der Waals surface area contributed by atoms with Gasteiger partial charge in [0.2, 0.25) is 0 Å². The molecule has 96 valence electrons. The van der Waals surface area contributed by atoms with Gasteiger partial charge in [0, 0.05) is 6.42 Å². The molecule has 0 saturated carbocycles. The van der Waals surface area contributed by atoms with E-state index in [2.05, 4.69) is 12.2 Å². The quantitative estimate of drug-likeness (QED) is 0.724. The molecule has 4 heteroatoms. The minimum Gasteiger partial charge on any atom is -0.481 e. The molecular weight excluding hydrogens is 220 g/mol. The maximum Gasteiger partial charge on any atom is 0.306 e. The van der Waals surface area contributed by atoms with Crippen LogP contribution in [-0.2, 0) is 9.59 Å². The van der Waals surface area contributed by atoms with Gasteiger partial charge in [-0.15, -0.1) is 0 Å². The summed E-state index contributed by atoms with van der Waals surface area (Å²) >= 11 is 0. The van der Waals surface area contributed by atoms with E-state index in [-0.39, 0.29) is 18.8 Å². The second-order valence-corrected chi connectivity index (χ2v) is 4.62. The fraction of sp³-hybridized carbons (Fsp3) is 0.692. The van der Waals surface area contributed by atoms with Crippen molar-refractivity contribution in [1.29, 1.82) is 0 Å². The van der Waals surface area contributed by atoms with E-state index in [1.165, 1.54) is 0 Å². The maximum atomic E-state index is 11.2. The van der Waals surface area contributed by atoms with Crippen molar-refractivity contribution in [2.45, 2.75) is 44.9 Å². The van der Waals surface area contributed by atoms with Gasteiger partial charge < -0.3 is 10.2 Å². The highest BCUT2D eigenvalue weighted by Crippen LogP contribution is 2.29. The van der Waals surface area contributed by atoms with E-state index in [1.54, 1.807) is 0 Å². The molecule has 0 heterocycles. The molecule has 0 fully saturated rings. The van der Waals surface area contributed by atoms with E-state index in [1.807, 2.05) is 0 Å². The standard InChI is InChI=1S/C13H20O4/c14-12(15)9-8-11(13(16)17)10-6-4-2-1-3-5-7-10/h1-2,10-11H,3-9H2,(H,14,15)(H,16,17)/b2-1-. The molecule has 0 aromatic rings. The Labute approximate surface area is 101 Å². The number of carboxylic acid groups (broad SMARTS) is 2. The van der Waals surface area contributed by atoms with Crippen molar-refractivity contribution in [1.82, 2.24) is 0 Å². The summed E-state index contributed by atoms with van der Waals surface area (Å²) in [5.41, 5.74) is 0. The molecule has 0 aromatic carbocycles. The van der Waals surface area contributed by atoms with Crippen molar-refractivity contribution >= 4 is 11.9 Å². The number of carbonyl (C=O) groups is 2. The zero-order valence-corrected chi connectivity index (χ0v) is 9.97. The zero-order valence-electron chi connectivity index (χ0n) is 9.97. The predicted octanol–water partition coefficient (Wildman–Crippen LogP) is 2.69. The Bertz CT molecular complexity index is 296. The maximum absolute atomic E-state index is 11.2. The molecule has 0 aliphatic heterocycles. The summed E-state index contributed by atoms with van der Waals surface area (Å²) in [4.78, 5) is 21.7. The normalized spacial score (nSPS) is 24.4. The van der Waals surface area contributed by atoms with Crippen LogP contribution in [0.15, 0.2) is 12.2 Å². The number of rotatable bonds is 5. The SMILES string of the molecule is O=C(O)CCC(C(=O)O)C1CC/C=C\CCC1. The van der Waals surface area contributed by atoms with Crippen molar-refractivity contribution in [3.05, 3.63) is 12.2 Å². The smallest absolute Gasteiger partial charge is 0.306 e. The topological polar surface area (TPSA) is 74.6 Å². The predicted molar refractivity (Wildman–Crippen MR) is 63.7 cm³/mol. The van der Waals surface area contributed by atoms with Crippen molar-refractivity contribution in [3.63, 3.8) is 0 Å². The number of carboxylic acids is 2. The Hall–Kier alpha value is -1.32. The Morgan fingerprint density at radius 1 is 1.18 bits per heavy atom. The average molecular weight is 240 g/mol. The summed E-state index contributed by atoms with van der Waals surface area (Å²) in [6.07, 6.45) is 9.09. The molecule has 0 radical (unpaired) electrons. The van der Waals surface area contributed by atoms with Crippen LogP contribution in [0.2, 0.25) is 0 Å². The van der Waals surface area contributed by atoms with Gasteiger partial charge in [0.15, 0.2) is 0 Å². The zero-order chi connectivity index (χ0) is 12.7. The lowest BCUT2D eigenvalue weighted by Gasteiger charge is -2.24. The van der Waals surface area contributed by atoms with Crippen molar-refractivity contribution in [2.75, 3.05) is 0 Å². The van der Waals surface area contributed by atoms with Gasteiger partial charge in [-0.2, -0.15) is 0 Å². The number of allylic oxidation sites excluding steroid dienone is 2. The largest absolute Gasteiger partial charge is 0.481 e. The third kappa shape index (κ3) is 5.02. The van der Waals surface area contributed by atoms with E-state index in [0.717, 1.165) is 32.1 Å². The molecule has 1 aliphatic carbocycles. The Morgan fingerprint density at radius 3 is 2.53 bits per heavy atom. The molecule has 0 amide bonds. The van der Waals surface area contributed by atoms with Crippen LogP contribution in [-0.4, -0.2) is 22.2 Å². The van der Waals surface area contributed by atoms with Crippen molar-refractivity contribution < 1.29 is 19.8 Å². The highest BCUT2D eigenvalue weighted by molar-refractivity contribution is 5.72. The molecule has 0 spiro atoms. The summed E-state index contributed by atoms with van der Waals surface area (Å²) in [6, 6.07) is 0. The van der Waals surface area contributed by atoms with Crippen LogP contribution >= 0.6 is 0 Å². The van der Waals surface area contributed by atoms with E-state index < -0.39 is 17.9 Å². The van der Waals surface area contributed by atoms with Gasteiger partial charge in [0.05, 0.1) is 5.92 Å². The highest BCUT2D eigenvalue weighted by Gasteiger charge is 2.27. The second-order valence-electron chi connectivity index (χ2n) is 4.62. The van der Waals surface area contributed by atoms with Crippen molar-refractivity contribution in [3.8, 4) is 0 Å². The highest BCUT2D eigenvalue weighted by atomic mass is 16.4. The lowest BCUT2D eigenvalue weighted by Crippen LogP contribution is -2.25.